The second-order valence-electron chi connectivity index (χ2n) is 6.03. The minimum atomic E-state index is 0.165. The molecule has 0 spiro atoms. The van der Waals surface area contributed by atoms with Crippen LogP contribution in [0.4, 0.5) is 0 Å². The Morgan fingerprint density at radius 2 is 2.17 bits per heavy atom. The summed E-state index contributed by atoms with van der Waals surface area (Å²) in [7, 11) is 0. The van der Waals surface area contributed by atoms with Gasteiger partial charge in [-0.05, 0) is 12.1 Å². The number of hydrogen-bond acceptors (Lipinski definition) is 4. The highest BCUT2D eigenvalue weighted by Crippen LogP contribution is 2.18. The molecule has 128 valence electrons. The minimum Gasteiger partial charge on any atom is -0.489 e. The van der Waals surface area contributed by atoms with Crippen LogP contribution in [0.3, 0.4) is 0 Å². The number of likely N-dealkylation sites (tertiary alicyclic amines) is 1. The van der Waals surface area contributed by atoms with Crippen LogP contribution in [0.2, 0.25) is 0 Å². The van der Waals surface area contributed by atoms with Crippen molar-refractivity contribution in [1.29, 1.82) is 0 Å². The molecule has 1 aliphatic heterocycles. The largest absolute Gasteiger partial charge is 0.489 e. The van der Waals surface area contributed by atoms with Gasteiger partial charge in [0.1, 0.15) is 17.7 Å². The summed E-state index contributed by atoms with van der Waals surface area (Å²) >= 11 is 0. The molecule has 24 heavy (non-hydrogen) atoms. The standard InChI is InChI=1S/C18H24N4O2/c1-2-17-20-9-13-21(17)12-7-18(23)22-10-5-15(6-11-22)24-16-4-3-8-19-14-16/h3-4,8-9,13-15H,2,5-7,10-12H2,1H3. The molecule has 1 saturated heterocycles. The van der Waals surface area contributed by atoms with E-state index in [1.807, 2.05) is 23.2 Å². The molecule has 1 fully saturated rings. The maximum Gasteiger partial charge on any atom is 0.224 e. The molecule has 0 aliphatic carbocycles. The van der Waals surface area contributed by atoms with Crippen LogP contribution >= 0.6 is 0 Å². The maximum atomic E-state index is 12.4. The lowest BCUT2D eigenvalue weighted by Gasteiger charge is -2.32. The first-order valence-corrected chi connectivity index (χ1v) is 8.60. The molecule has 2 aromatic rings. The molecule has 2 aromatic heterocycles. The quantitative estimate of drug-likeness (QED) is 0.816. The van der Waals surface area contributed by atoms with Gasteiger partial charge in [-0.15, -0.1) is 0 Å². The lowest BCUT2D eigenvalue weighted by Crippen LogP contribution is -2.42. The van der Waals surface area contributed by atoms with E-state index in [-0.39, 0.29) is 12.0 Å². The summed E-state index contributed by atoms with van der Waals surface area (Å²) in [5.41, 5.74) is 0. The first-order chi connectivity index (χ1) is 11.8. The third-order valence-electron chi connectivity index (χ3n) is 4.42. The molecule has 3 heterocycles. The van der Waals surface area contributed by atoms with E-state index in [1.54, 1.807) is 18.6 Å². The number of carbonyl (C=O) groups excluding carboxylic acids is 1. The molecule has 6 nitrogen and oxygen atoms in total. The maximum absolute atomic E-state index is 12.4. The average Bonchev–Trinajstić information content (AvgIpc) is 3.09. The summed E-state index contributed by atoms with van der Waals surface area (Å²) in [4.78, 5) is 22.7. The Hall–Kier alpha value is -2.37. The summed E-state index contributed by atoms with van der Waals surface area (Å²) in [6.45, 7) is 4.30. The van der Waals surface area contributed by atoms with Crippen molar-refractivity contribution < 1.29 is 9.53 Å². The number of hydrogen-bond donors (Lipinski definition) is 0. The number of pyridine rings is 1. The molecule has 6 heteroatoms. The van der Waals surface area contributed by atoms with E-state index >= 15 is 0 Å². The Morgan fingerprint density at radius 1 is 1.33 bits per heavy atom. The highest BCUT2D eigenvalue weighted by Gasteiger charge is 2.23. The molecule has 1 aliphatic rings. The number of rotatable bonds is 6. The summed E-state index contributed by atoms with van der Waals surface area (Å²) in [6, 6.07) is 3.79. The summed E-state index contributed by atoms with van der Waals surface area (Å²) in [5, 5.41) is 0. The fraction of sp³-hybridized carbons (Fsp3) is 0.500. The summed E-state index contributed by atoms with van der Waals surface area (Å²) < 4.78 is 7.99. The first-order valence-electron chi connectivity index (χ1n) is 8.60. The van der Waals surface area contributed by atoms with E-state index in [0.717, 1.165) is 43.9 Å². The minimum absolute atomic E-state index is 0.165. The molecule has 1 amide bonds. The van der Waals surface area contributed by atoms with Gasteiger partial charge in [-0.25, -0.2) is 4.98 Å². The van der Waals surface area contributed by atoms with Crippen LogP contribution in [0.1, 0.15) is 32.0 Å². The Labute approximate surface area is 142 Å². The third-order valence-corrected chi connectivity index (χ3v) is 4.42. The fourth-order valence-corrected chi connectivity index (χ4v) is 3.06. The first kappa shape index (κ1) is 16.5. The van der Waals surface area contributed by atoms with E-state index in [1.165, 1.54) is 0 Å². The molecule has 0 radical (unpaired) electrons. The van der Waals surface area contributed by atoms with Crippen LogP contribution in [0, 0.1) is 0 Å². The lowest BCUT2D eigenvalue weighted by molar-refractivity contribution is -0.133. The van der Waals surface area contributed by atoms with Gasteiger partial charge in [0.05, 0.1) is 6.20 Å². The highest BCUT2D eigenvalue weighted by molar-refractivity contribution is 5.76. The van der Waals surface area contributed by atoms with Crippen molar-refractivity contribution in [1.82, 2.24) is 19.4 Å². The van der Waals surface area contributed by atoms with Crippen LogP contribution in [0.15, 0.2) is 36.9 Å². The molecule has 0 unspecified atom stereocenters. The van der Waals surface area contributed by atoms with E-state index < -0.39 is 0 Å². The normalized spacial score (nSPS) is 15.5. The van der Waals surface area contributed by atoms with Crippen molar-refractivity contribution in [2.45, 2.75) is 45.3 Å². The number of aromatic nitrogens is 3. The molecule has 0 saturated carbocycles. The number of aryl methyl sites for hydroxylation is 2. The van der Waals surface area contributed by atoms with Gasteiger partial charge in [-0.2, -0.15) is 0 Å². The Kier molecular flexibility index (Phi) is 5.46. The zero-order valence-corrected chi connectivity index (χ0v) is 14.1. The predicted octanol–water partition coefficient (Wildman–Crippen LogP) is 2.30. The smallest absolute Gasteiger partial charge is 0.224 e. The Morgan fingerprint density at radius 3 is 2.88 bits per heavy atom. The van der Waals surface area contributed by atoms with Crippen molar-refractivity contribution in [3.8, 4) is 5.75 Å². The van der Waals surface area contributed by atoms with Crippen LogP contribution in [0.25, 0.3) is 0 Å². The summed E-state index contributed by atoms with van der Waals surface area (Å²) in [5.74, 6) is 2.05. The van der Waals surface area contributed by atoms with Crippen LogP contribution in [-0.4, -0.2) is 44.5 Å². The number of ether oxygens (including phenoxy) is 1. The zero-order valence-electron chi connectivity index (χ0n) is 14.1. The third kappa shape index (κ3) is 4.13. The van der Waals surface area contributed by atoms with Crippen molar-refractivity contribution in [3.63, 3.8) is 0 Å². The number of piperidine rings is 1. The van der Waals surface area contributed by atoms with Gasteiger partial charge in [-0.1, -0.05) is 6.92 Å². The van der Waals surface area contributed by atoms with Crippen LogP contribution in [-0.2, 0) is 17.8 Å². The van der Waals surface area contributed by atoms with Gasteiger partial charge < -0.3 is 14.2 Å². The van der Waals surface area contributed by atoms with Crippen molar-refractivity contribution in [3.05, 3.63) is 42.7 Å². The van der Waals surface area contributed by atoms with Crippen LogP contribution < -0.4 is 4.74 Å². The van der Waals surface area contributed by atoms with Gasteiger partial charge >= 0.3 is 0 Å². The van der Waals surface area contributed by atoms with E-state index in [4.69, 9.17) is 4.74 Å². The lowest BCUT2D eigenvalue weighted by atomic mass is 10.1. The van der Waals surface area contributed by atoms with E-state index in [9.17, 15) is 4.79 Å². The zero-order chi connectivity index (χ0) is 16.8. The van der Waals surface area contributed by atoms with Gasteiger partial charge in [0.15, 0.2) is 0 Å². The highest BCUT2D eigenvalue weighted by atomic mass is 16.5. The molecule has 0 N–H and O–H groups in total. The van der Waals surface area contributed by atoms with E-state index in [2.05, 4.69) is 21.5 Å². The van der Waals surface area contributed by atoms with Crippen molar-refractivity contribution in [2.75, 3.05) is 13.1 Å². The molecule has 0 atom stereocenters. The number of carbonyl (C=O) groups is 1. The topological polar surface area (TPSA) is 60.2 Å². The molecule has 3 rings (SSSR count). The average molecular weight is 328 g/mol. The number of nitrogens with zero attached hydrogens (tertiary/aromatic N) is 4. The van der Waals surface area contributed by atoms with E-state index in [0.29, 0.717) is 13.0 Å². The van der Waals surface area contributed by atoms with Crippen molar-refractivity contribution >= 4 is 5.91 Å². The number of amides is 1. The molecular weight excluding hydrogens is 304 g/mol. The predicted molar refractivity (Wildman–Crippen MR) is 90.7 cm³/mol. The molecule has 0 aromatic carbocycles. The Bertz CT molecular complexity index is 648. The van der Waals surface area contributed by atoms with Gasteiger partial charge in [0.25, 0.3) is 0 Å². The van der Waals surface area contributed by atoms with Gasteiger partial charge in [0.2, 0.25) is 5.91 Å². The monoisotopic (exact) mass is 328 g/mol. The second-order valence-corrected chi connectivity index (χ2v) is 6.03. The Balaban J connectivity index is 1.43. The number of imidazole rings is 1. The molecule has 0 bridgehead atoms. The SMILES string of the molecule is CCc1nccn1CCC(=O)N1CCC(Oc2cccnc2)CC1. The van der Waals surface area contributed by atoms with Crippen molar-refractivity contribution in [2.24, 2.45) is 0 Å². The second kappa shape index (κ2) is 7.95. The van der Waals surface area contributed by atoms with Gasteiger partial charge in [0, 0.05) is 63.9 Å². The fourth-order valence-electron chi connectivity index (χ4n) is 3.06. The molecular formula is C18H24N4O2. The van der Waals surface area contributed by atoms with Crippen LogP contribution in [0.5, 0.6) is 5.75 Å². The van der Waals surface area contributed by atoms with Gasteiger partial charge in [-0.3, -0.25) is 9.78 Å². The summed E-state index contributed by atoms with van der Waals surface area (Å²) in [6.07, 6.45) is 10.5.